The lowest BCUT2D eigenvalue weighted by molar-refractivity contribution is -0.131. The Balaban J connectivity index is 3.10. The monoisotopic (exact) mass is 184 g/mol. The first-order valence-electron chi connectivity index (χ1n) is 4.41. The van der Waals surface area contributed by atoms with Crippen molar-refractivity contribution in [2.45, 2.75) is 39.3 Å². The van der Waals surface area contributed by atoms with Crippen LogP contribution in [-0.4, -0.2) is 40.4 Å². The molecule has 0 spiro atoms. The number of carbonyl (C=O) groups is 2. The predicted octanol–water partition coefficient (Wildman–Crippen LogP) is 1.07. The number of amides is 3. The van der Waals surface area contributed by atoms with Gasteiger partial charge in [0, 0.05) is 13.1 Å². The van der Waals surface area contributed by atoms with Gasteiger partial charge in [0.15, 0.2) is 0 Å². The van der Waals surface area contributed by atoms with Gasteiger partial charge in [0.05, 0.1) is 0 Å². The van der Waals surface area contributed by atoms with E-state index in [1.54, 1.807) is 18.7 Å². The van der Waals surface area contributed by atoms with Gasteiger partial charge in [-0.25, -0.2) is 4.79 Å². The van der Waals surface area contributed by atoms with E-state index in [1.807, 2.05) is 13.8 Å². The minimum Gasteiger partial charge on any atom is -0.308 e. The number of hydrogen-bond acceptors (Lipinski definition) is 2. The van der Waals surface area contributed by atoms with Gasteiger partial charge >= 0.3 is 6.03 Å². The zero-order valence-corrected chi connectivity index (χ0v) is 8.79. The van der Waals surface area contributed by atoms with E-state index in [1.165, 1.54) is 11.9 Å². The van der Waals surface area contributed by atoms with Crippen LogP contribution in [0.5, 0.6) is 0 Å². The van der Waals surface area contributed by atoms with Gasteiger partial charge in [0.2, 0.25) is 0 Å². The third kappa shape index (κ3) is 1.20. The van der Waals surface area contributed by atoms with Crippen LogP contribution in [0.25, 0.3) is 0 Å². The minimum absolute atomic E-state index is 0.0522. The lowest BCUT2D eigenvalue weighted by Crippen LogP contribution is -2.47. The van der Waals surface area contributed by atoms with E-state index in [2.05, 4.69) is 0 Å². The largest absolute Gasteiger partial charge is 0.327 e. The Kier molecular flexibility index (Phi) is 2.10. The summed E-state index contributed by atoms with van der Waals surface area (Å²) in [6.07, 6.45) is 0. The molecule has 74 valence electrons. The third-order valence-corrected chi connectivity index (χ3v) is 2.44. The van der Waals surface area contributed by atoms with Crippen LogP contribution in [0.1, 0.15) is 27.7 Å². The SMILES string of the molecule is CC(C)N1C(=O)N(C)C(=O)C1(C)C. The first-order chi connectivity index (χ1) is 5.80. The Bertz CT molecular complexity index is 258. The van der Waals surface area contributed by atoms with E-state index < -0.39 is 5.54 Å². The topological polar surface area (TPSA) is 40.6 Å². The van der Waals surface area contributed by atoms with Gasteiger partial charge in [0.25, 0.3) is 5.91 Å². The summed E-state index contributed by atoms with van der Waals surface area (Å²) in [4.78, 5) is 26.0. The molecule has 4 heteroatoms. The predicted molar refractivity (Wildman–Crippen MR) is 49.2 cm³/mol. The van der Waals surface area contributed by atoms with Crippen LogP contribution >= 0.6 is 0 Å². The van der Waals surface area contributed by atoms with Crippen molar-refractivity contribution in [1.29, 1.82) is 0 Å². The maximum absolute atomic E-state index is 11.6. The summed E-state index contributed by atoms with van der Waals surface area (Å²) in [6.45, 7) is 7.37. The molecule has 1 heterocycles. The Hall–Kier alpha value is -1.06. The Morgan fingerprint density at radius 3 is 1.85 bits per heavy atom. The number of likely N-dealkylation sites (N-methyl/N-ethyl adjacent to an activating group) is 1. The highest BCUT2D eigenvalue weighted by molar-refractivity contribution is 6.06. The van der Waals surface area contributed by atoms with Crippen LogP contribution < -0.4 is 0 Å². The number of hydrogen-bond donors (Lipinski definition) is 0. The summed E-state index contributed by atoms with van der Waals surface area (Å²) >= 11 is 0. The molecule has 0 radical (unpaired) electrons. The summed E-state index contributed by atoms with van der Waals surface area (Å²) in [6, 6.07) is -0.151. The first kappa shape index (κ1) is 10.0. The summed E-state index contributed by atoms with van der Waals surface area (Å²) < 4.78 is 0. The van der Waals surface area contributed by atoms with Gasteiger partial charge < -0.3 is 4.90 Å². The van der Waals surface area contributed by atoms with Crippen LogP contribution in [0.2, 0.25) is 0 Å². The maximum atomic E-state index is 11.6. The van der Waals surface area contributed by atoms with E-state index in [4.69, 9.17) is 0 Å². The second-order valence-corrected chi connectivity index (χ2v) is 4.17. The van der Waals surface area contributed by atoms with Gasteiger partial charge in [-0.2, -0.15) is 0 Å². The van der Waals surface area contributed by atoms with Crippen LogP contribution in [0.4, 0.5) is 4.79 Å². The van der Waals surface area contributed by atoms with Crippen molar-refractivity contribution in [2.75, 3.05) is 7.05 Å². The number of nitrogens with zero attached hydrogens (tertiary/aromatic N) is 2. The van der Waals surface area contributed by atoms with Crippen molar-refractivity contribution in [1.82, 2.24) is 9.80 Å². The zero-order chi connectivity index (χ0) is 10.4. The minimum atomic E-state index is -0.694. The van der Waals surface area contributed by atoms with Crippen LogP contribution in [0.3, 0.4) is 0 Å². The highest BCUT2D eigenvalue weighted by Crippen LogP contribution is 2.28. The number of rotatable bonds is 1. The van der Waals surface area contributed by atoms with Crippen LogP contribution in [-0.2, 0) is 4.79 Å². The second-order valence-electron chi connectivity index (χ2n) is 4.17. The number of carbonyl (C=O) groups excluding carboxylic acids is 2. The molecule has 0 atom stereocenters. The summed E-state index contributed by atoms with van der Waals surface area (Å²) in [5.41, 5.74) is -0.694. The van der Waals surface area contributed by atoms with Crippen molar-refractivity contribution in [3.05, 3.63) is 0 Å². The van der Waals surface area contributed by atoms with Gasteiger partial charge in [0.1, 0.15) is 5.54 Å². The van der Waals surface area contributed by atoms with Crippen molar-refractivity contribution in [2.24, 2.45) is 0 Å². The van der Waals surface area contributed by atoms with Crippen LogP contribution in [0.15, 0.2) is 0 Å². The molecule has 0 unspecified atom stereocenters. The Labute approximate surface area is 78.5 Å². The molecule has 1 saturated heterocycles. The van der Waals surface area contributed by atoms with Crippen molar-refractivity contribution in [3.8, 4) is 0 Å². The van der Waals surface area contributed by atoms with Gasteiger partial charge in [-0.3, -0.25) is 9.69 Å². The molecule has 0 aromatic rings. The standard InChI is InChI=1S/C9H16N2O2/c1-6(2)11-8(13)10(5)7(12)9(11,3)4/h6H,1-5H3. The fourth-order valence-electron chi connectivity index (χ4n) is 1.87. The van der Waals surface area contributed by atoms with Crippen LogP contribution in [0, 0.1) is 0 Å². The van der Waals surface area contributed by atoms with Gasteiger partial charge in [-0.05, 0) is 27.7 Å². The molecular weight excluding hydrogens is 168 g/mol. The first-order valence-corrected chi connectivity index (χ1v) is 4.41. The summed E-state index contributed by atoms with van der Waals surface area (Å²) in [5.74, 6) is -0.133. The lowest BCUT2D eigenvalue weighted by Gasteiger charge is -2.31. The molecule has 1 fully saturated rings. The van der Waals surface area contributed by atoms with E-state index in [0.29, 0.717) is 0 Å². The number of urea groups is 1. The fraction of sp³-hybridized carbons (Fsp3) is 0.778. The molecule has 0 aliphatic carbocycles. The maximum Gasteiger partial charge on any atom is 0.327 e. The van der Waals surface area contributed by atoms with Crippen molar-refractivity contribution in [3.63, 3.8) is 0 Å². The second kappa shape index (κ2) is 2.72. The van der Waals surface area contributed by atoms with Crippen molar-refractivity contribution < 1.29 is 9.59 Å². The quantitative estimate of drug-likeness (QED) is 0.572. The zero-order valence-electron chi connectivity index (χ0n) is 8.79. The van der Waals surface area contributed by atoms with Gasteiger partial charge in [-0.1, -0.05) is 0 Å². The normalized spacial score (nSPS) is 22.0. The molecular formula is C9H16N2O2. The molecule has 1 rings (SSSR count). The van der Waals surface area contributed by atoms with E-state index in [-0.39, 0.29) is 18.0 Å². The number of imide groups is 1. The smallest absolute Gasteiger partial charge is 0.308 e. The molecule has 4 nitrogen and oxygen atoms in total. The van der Waals surface area contributed by atoms with Gasteiger partial charge in [-0.15, -0.1) is 0 Å². The lowest BCUT2D eigenvalue weighted by atomic mass is 10.0. The molecule has 3 amide bonds. The van der Waals surface area contributed by atoms with E-state index in [9.17, 15) is 9.59 Å². The molecule has 0 N–H and O–H groups in total. The average molecular weight is 184 g/mol. The van der Waals surface area contributed by atoms with E-state index >= 15 is 0 Å². The summed E-state index contributed by atoms with van der Waals surface area (Å²) in [7, 11) is 1.52. The Morgan fingerprint density at radius 1 is 1.23 bits per heavy atom. The molecule has 13 heavy (non-hydrogen) atoms. The molecule has 0 aromatic carbocycles. The molecule has 0 saturated carbocycles. The highest BCUT2D eigenvalue weighted by Gasteiger charge is 2.50. The third-order valence-electron chi connectivity index (χ3n) is 2.44. The fourth-order valence-corrected chi connectivity index (χ4v) is 1.87. The molecule has 1 aliphatic heterocycles. The van der Waals surface area contributed by atoms with Crippen molar-refractivity contribution >= 4 is 11.9 Å². The van der Waals surface area contributed by atoms with E-state index in [0.717, 1.165) is 0 Å². The molecule has 1 aliphatic rings. The average Bonchev–Trinajstić information content (AvgIpc) is 2.12. The Morgan fingerprint density at radius 2 is 1.69 bits per heavy atom. The molecule has 0 aromatic heterocycles. The summed E-state index contributed by atoms with van der Waals surface area (Å²) in [5, 5.41) is 0. The highest BCUT2D eigenvalue weighted by atomic mass is 16.2. The molecule has 0 bridgehead atoms.